The normalized spacial score (nSPS) is 22.6. The van der Waals surface area contributed by atoms with Crippen LogP contribution in [0.2, 0.25) is 0 Å². The Balaban J connectivity index is 2.15. The predicted octanol–water partition coefficient (Wildman–Crippen LogP) is 3.91. The number of benzene rings is 1. The van der Waals surface area contributed by atoms with Gasteiger partial charge in [0.25, 0.3) is 0 Å². The molecule has 0 saturated heterocycles. The van der Waals surface area contributed by atoms with Gasteiger partial charge in [-0.15, -0.1) is 0 Å². The first kappa shape index (κ1) is 13.7. The quantitative estimate of drug-likeness (QED) is 0.823. The third-order valence-electron chi connectivity index (χ3n) is 3.90. The Labute approximate surface area is 115 Å². The van der Waals surface area contributed by atoms with Gasteiger partial charge in [0.05, 0.1) is 18.7 Å². The number of hydrogen-bond donors (Lipinski definition) is 0. The molecule has 1 aromatic carbocycles. The lowest BCUT2D eigenvalue weighted by Crippen LogP contribution is -2.29. The maximum atomic E-state index is 9.02. The zero-order valence-corrected chi connectivity index (χ0v) is 11.7. The summed E-state index contributed by atoms with van der Waals surface area (Å²) in [7, 11) is 1.61. The van der Waals surface area contributed by atoms with Gasteiger partial charge in [-0.3, -0.25) is 0 Å². The molecule has 0 bridgehead atoms. The highest BCUT2D eigenvalue weighted by atomic mass is 16.5. The summed E-state index contributed by atoms with van der Waals surface area (Å²) in [6.07, 6.45) is 6.32. The Kier molecular flexibility index (Phi) is 4.68. The van der Waals surface area contributed by atoms with Crippen molar-refractivity contribution < 1.29 is 9.47 Å². The van der Waals surface area contributed by atoms with E-state index in [-0.39, 0.29) is 6.10 Å². The predicted molar refractivity (Wildman–Crippen MR) is 74.4 cm³/mol. The van der Waals surface area contributed by atoms with Crippen molar-refractivity contribution in [2.45, 2.75) is 45.1 Å². The first-order valence-corrected chi connectivity index (χ1v) is 7.02. The summed E-state index contributed by atoms with van der Waals surface area (Å²) >= 11 is 0. The van der Waals surface area contributed by atoms with Gasteiger partial charge < -0.3 is 9.47 Å². The zero-order valence-electron chi connectivity index (χ0n) is 11.7. The lowest BCUT2D eigenvalue weighted by atomic mass is 9.85. The van der Waals surface area contributed by atoms with Crippen LogP contribution >= 0.6 is 0 Å². The monoisotopic (exact) mass is 259 g/mol. The summed E-state index contributed by atoms with van der Waals surface area (Å²) in [5, 5.41) is 9.02. The Morgan fingerprint density at radius 3 is 2.63 bits per heavy atom. The van der Waals surface area contributed by atoms with Gasteiger partial charge in [-0.05, 0) is 43.7 Å². The smallest absolute Gasteiger partial charge is 0.124 e. The number of ether oxygens (including phenoxy) is 2. The van der Waals surface area contributed by atoms with E-state index in [0.29, 0.717) is 17.2 Å². The average Bonchev–Trinajstić information content (AvgIpc) is 2.47. The summed E-state index contributed by atoms with van der Waals surface area (Å²) in [4.78, 5) is 0. The molecule has 2 atom stereocenters. The van der Waals surface area contributed by atoms with Gasteiger partial charge in [-0.1, -0.05) is 13.3 Å². The second-order valence-corrected chi connectivity index (χ2v) is 5.12. The van der Waals surface area contributed by atoms with Crippen LogP contribution in [0.4, 0.5) is 0 Å². The van der Waals surface area contributed by atoms with Gasteiger partial charge in [0.15, 0.2) is 0 Å². The van der Waals surface area contributed by atoms with Crippen molar-refractivity contribution in [3.63, 3.8) is 0 Å². The van der Waals surface area contributed by atoms with Crippen LogP contribution in [0.3, 0.4) is 0 Å². The Morgan fingerprint density at radius 2 is 1.95 bits per heavy atom. The molecule has 2 unspecified atom stereocenters. The van der Waals surface area contributed by atoms with E-state index in [0.717, 1.165) is 18.6 Å². The molecule has 0 amide bonds. The van der Waals surface area contributed by atoms with Gasteiger partial charge in [0.1, 0.15) is 17.6 Å². The van der Waals surface area contributed by atoms with Crippen molar-refractivity contribution in [3.8, 4) is 17.6 Å². The van der Waals surface area contributed by atoms with Gasteiger partial charge >= 0.3 is 0 Å². The van der Waals surface area contributed by atoms with E-state index in [1.54, 1.807) is 19.2 Å². The standard InChI is InChI=1S/C16H21NO2/c1-3-13-6-4-5-7-16(13)19-15-9-12(11-17)8-14(10-15)18-2/h8-10,13,16H,3-7H2,1-2H3. The Bertz CT molecular complexity index is 464. The maximum Gasteiger partial charge on any atom is 0.124 e. The highest BCUT2D eigenvalue weighted by Crippen LogP contribution is 2.32. The van der Waals surface area contributed by atoms with Crippen LogP contribution in [0, 0.1) is 17.2 Å². The molecule has 102 valence electrons. The van der Waals surface area contributed by atoms with Gasteiger partial charge in [0, 0.05) is 6.07 Å². The second kappa shape index (κ2) is 6.47. The summed E-state index contributed by atoms with van der Waals surface area (Å²) in [5.41, 5.74) is 0.582. The van der Waals surface area contributed by atoms with Crippen molar-refractivity contribution in [1.82, 2.24) is 0 Å². The summed E-state index contributed by atoms with van der Waals surface area (Å²) in [6.45, 7) is 2.22. The molecule has 3 nitrogen and oxygen atoms in total. The average molecular weight is 259 g/mol. The van der Waals surface area contributed by atoms with Crippen LogP contribution < -0.4 is 9.47 Å². The Morgan fingerprint density at radius 1 is 1.21 bits per heavy atom. The van der Waals surface area contributed by atoms with Gasteiger partial charge in [-0.25, -0.2) is 0 Å². The SMILES string of the molecule is CCC1CCCCC1Oc1cc(C#N)cc(OC)c1. The molecule has 0 heterocycles. The van der Waals surface area contributed by atoms with E-state index < -0.39 is 0 Å². The van der Waals surface area contributed by atoms with Gasteiger partial charge in [0.2, 0.25) is 0 Å². The maximum absolute atomic E-state index is 9.02. The van der Waals surface area contributed by atoms with Crippen LogP contribution in [0.5, 0.6) is 11.5 Å². The van der Waals surface area contributed by atoms with Crippen LogP contribution in [0.25, 0.3) is 0 Å². The third-order valence-corrected chi connectivity index (χ3v) is 3.90. The lowest BCUT2D eigenvalue weighted by molar-refractivity contribution is 0.0901. The van der Waals surface area contributed by atoms with Crippen molar-refractivity contribution in [2.75, 3.05) is 7.11 Å². The minimum atomic E-state index is 0.275. The molecule has 0 aliphatic heterocycles. The van der Waals surface area contributed by atoms with Crippen LogP contribution in [0.1, 0.15) is 44.6 Å². The minimum Gasteiger partial charge on any atom is -0.497 e. The van der Waals surface area contributed by atoms with E-state index in [9.17, 15) is 0 Å². The topological polar surface area (TPSA) is 42.2 Å². The molecule has 0 aromatic heterocycles. The molecule has 1 fully saturated rings. The van der Waals surface area contributed by atoms with Gasteiger partial charge in [-0.2, -0.15) is 5.26 Å². The molecule has 3 heteroatoms. The van der Waals surface area contributed by atoms with E-state index in [4.69, 9.17) is 14.7 Å². The minimum absolute atomic E-state index is 0.275. The fourth-order valence-corrected chi connectivity index (χ4v) is 2.79. The first-order valence-electron chi connectivity index (χ1n) is 7.02. The largest absolute Gasteiger partial charge is 0.497 e. The lowest BCUT2D eigenvalue weighted by Gasteiger charge is -2.31. The van der Waals surface area contributed by atoms with Crippen LogP contribution in [-0.4, -0.2) is 13.2 Å². The molecule has 19 heavy (non-hydrogen) atoms. The fourth-order valence-electron chi connectivity index (χ4n) is 2.79. The molecule has 1 aliphatic rings. The van der Waals surface area contributed by atoms with Crippen molar-refractivity contribution in [3.05, 3.63) is 23.8 Å². The van der Waals surface area contributed by atoms with E-state index in [1.807, 2.05) is 6.07 Å². The highest BCUT2D eigenvalue weighted by Gasteiger charge is 2.25. The number of methoxy groups -OCH3 is 1. The van der Waals surface area contributed by atoms with Crippen molar-refractivity contribution >= 4 is 0 Å². The third kappa shape index (κ3) is 3.41. The number of hydrogen-bond acceptors (Lipinski definition) is 3. The van der Waals surface area contributed by atoms with Crippen LogP contribution in [-0.2, 0) is 0 Å². The summed E-state index contributed by atoms with van der Waals surface area (Å²) in [5.74, 6) is 2.06. The second-order valence-electron chi connectivity index (χ2n) is 5.12. The molecule has 1 aliphatic carbocycles. The number of nitrogens with zero attached hydrogens (tertiary/aromatic N) is 1. The molecular weight excluding hydrogens is 238 g/mol. The molecule has 1 aromatic rings. The van der Waals surface area contributed by atoms with Crippen molar-refractivity contribution in [1.29, 1.82) is 5.26 Å². The molecule has 2 rings (SSSR count). The number of rotatable bonds is 4. The summed E-state index contributed by atoms with van der Waals surface area (Å²) in [6, 6.07) is 7.53. The Hall–Kier alpha value is -1.69. The summed E-state index contributed by atoms with van der Waals surface area (Å²) < 4.78 is 11.3. The zero-order chi connectivity index (χ0) is 13.7. The van der Waals surface area contributed by atoms with E-state index in [2.05, 4.69) is 13.0 Å². The van der Waals surface area contributed by atoms with E-state index >= 15 is 0 Å². The first-order chi connectivity index (χ1) is 9.26. The highest BCUT2D eigenvalue weighted by molar-refractivity contribution is 5.43. The molecule has 0 N–H and O–H groups in total. The fraction of sp³-hybridized carbons (Fsp3) is 0.562. The molecule has 0 radical (unpaired) electrons. The molecule has 0 spiro atoms. The van der Waals surface area contributed by atoms with Crippen LogP contribution in [0.15, 0.2) is 18.2 Å². The van der Waals surface area contributed by atoms with Crippen molar-refractivity contribution in [2.24, 2.45) is 5.92 Å². The molecule has 1 saturated carbocycles. The number of nitriles is 1. The molecular formula is C16H21NO2. The van der Waals surface area contributed by atoms with E-state index in [1.165, 1.54) is 19.3 Å².